The van der Waals surface area contributed by atoms with Gasteiger partial charge in [-0.1, -0.05) is 6.07 Å². The summed E-state index contributed by atoms with van der Waals surface area (Å²) >= 11 is 0. The highest BCUT2D eigenvalue weighted by molar-refractivity contribution is 5.98. The molecule has 0 spiro atoms. The first kappa shape index (κ1) is 14.0. The van der Waals surface area contributed by atoms with Crippen molar-refractivity contribution in [2.75, 3.05) is 26.7 Å². The van der Waals surface area contributed by atoms with Gasteiger partial charge in [-0.15, -0.1) is 0 Å². The summed E-state index contributed by atoms with van der Waals surface area (Å²) < 4.78 is 0. The van der Waals surface area contributed by atoms with Crippen LogP contribution in [0, 0.1) is 5.92 Å². The molecular formula is C17H21N3O. The standard InChI is InChI=1S/C17H21N3O/c1-18-11-13-4-3-9-20(12-13)17(21)15-6-7-16-14(10-15)5-2-8-19-16/h2,5-8,10,13,18H,3-4,9,11-12H2,1H3. The highest BCUT2D eigenvalue weighted by Gasteiger charge is 2.24. The average molecular weight is 283 g/mol. The van der Waals surface area contributed by atoms with Gasteiger partial charge < -0.3 is 10.2 Å². The average Bonchev–Trinajstić information content (AvgIpc) is 2.54. The summed E-state index contributed by atoms with van der Waals surface area (Å²) in [6.07, 6.45) is 4.07. The minimum absolute atomic E-state index is 0.140. The number of nitrogens with one attached hydrogen (secondary N) is 1. The fraction of sp³-hybridized carbons (Fsp3) is 0.412. The molecule has 0 bridgehead atoms. The third kappa shape index (κ3) is 3.05. The van der Waals surface area contributed by atoms with Crippen LogP contribution in [0.5, 0.6) is 0 Å². The van der Waals surface area contributed by atoms with Crippen LogP contribution in [0.1, 0.15) is 23.2 Å². The number of rotatable bonds is 3. The Bertz CT molecular complexity index is 639. The van der Waals surface area contributed by atoms with E-state index in [1.807, 2.05) is 42.3 Å². The van der Waals surface area contributed by atoms with Gasteiger partial charge in [0.25, 0.3) is 5.91 Å². The van der Waals surface area contributed by atoms with E-state index in [4.69, 9.17) is 0 Å². The fourth-order valence-electron chi connectivity index (χ4n) is 3.10. The third-order valence-corrected chi connectivity index (χ3v) is 4.15. The summed E-state index contributed by atoms with van der Waals surface area (Å²) in [7, 11) is 1.97. The number of carbonyl (C=O) groups excluding carboxylic acids is 1. The Balaban J connectivity index is 1.79. The number of hydrogen-bond acceptors (Lipinski definition) is 3. The van der Waals surface area contributed by atoms with Gasteiger partial charge in [0, 0.05) is 30.2 Å². The van der Waals surface area contributed by atoms with E-state index in [1.165, 1.54) is 6.42 Å². The zero-order valence-electron chi connectivity index (χ0n) is 12.4. The van der Waals surface area contributed by atoms with Gasteiger partial charge in [0.2, 0.25) is 0 Å². The van der Waals surface area contributed by atoms with E-state index >= 15 is 0 Å². The van der Waals surface area contributed by atoms with E-state index in [0.717, 1.165) is 42.5 Å². The molecule has 0 radical (unpaired) electrons. The monoisotopic (exact) mass is 283 g/mol. The number of nitrogens with zero attached hydrogens (tertiary/aromatic N) is 2. The van der Waals surface area contributed by atoms with Crippen LogP contribution in [-0.4, -0.2) is 42.5 Å². The lowest BCUT2D eigenvalue weighted by Crippen LogP contribution is -2.42. The smallest absolute Gasteiger partial charge is 0.253 e. The molecule has 2 aromatic rings. The largest absolute Gasteiger partial charge is 0.338 e. The lowest BCUT2D eigenvalue weighted by Gasteiger charge is -2.32. The van der Waals surface area contributed by atoms with Crippen LogP contribution < -0.4 is 5.32 Å². The molecule has 1 aromatic carbocycles. The Morgan fingerprint density at radius 2 is 2.33 bits per heavy atom. The van der Waals surface area contributed by atoms with Crippen molar-refractivity contribution in [3.8, 4) is 0 Å². The number of amides is 1. The van der Waals surface area contributed by atoms with E-state index in [-0.39, 0.29) is 5.91 Å². The van der Waals surface area contributed by atoms with Crippen molar-refractivity contribution < 1.29 is 4.79 Å². The molecule has 3 rings (SSSR count). The number of pyridine rings is 1. The van der Waals surface area contributed by atoms with E-state index in [0.29, 0.717) is 5.92 Å². The summed E-state index contributed by atoms with van der Waals surface area (Å²) in [6.45, 7) is 2.69. The van der Waals surface area contributed by atoms with E-state index < -0.39 is 0 Å². The maximum atomic E-state index is 12.7. The lowest BCUT2D eigenvalue weighted by molar-refractivity contribution is 0.0674. The zero-order valence-corrected chi connectivity index (χ0v) is 12.4. The maximum Gasteiger partial charge on any atom is 0.253 e. The SMILES string of the molecule is CNCC1CCCN(C(=O)c2ccc3ncccc3c2)C1. The molecule has 2 heterocycles. The van der Waals surface area contributed by atoms with Crippen molar-refractivity contribution in [1.82, 2.24) is 15.2 Å². The van der Waals surface area contributed by atoms with Crippen LogP contribution in [0.2, 0.25) is 0 Å². The molecule has 1 amide bonds. The summed E-state index contributed by atoms with van der Waals surface area (Å²) in [6, 6.07) is 9.67. The minimum Gasteiger partial charge on any atom is -0.338 e. The number of aromatic nitrogens is 1. The second kappa shape index (κ2) is 6.22. The van der Waals surface area contributed by atoms with Gasteiger partial charge in [0.05, 0.1) is 5.52 Å². The maximum absolute atomic E-state index is 12.7. The molecule has 21 heavy (non-hydrogen) atoms. The Morgan fingerprint density at radius 1 is 1.43 bits per heavy atom. The van der Waals surface area contributed by atoms with Gasteiger partial charge in [0.15, 0.2) is 0 Å². The van der Waals surface area contributed by atoms with E-state index in [1.54, 1.807) is 6.20 Å². The highest BCUT2D eigenvalue weighted by atomic mass is 16.2. The Labute approximate surface area is 125 Å². The highest BCUT2D eigenvalue weighted by Crippen LogP contribution is 2.20. The molecule has 0 aliphatic carbocycles. The molecule has 1 aliphatic heterocycles. The Morgan fingerprint density at radius 3 is 3.19 bits per heavy atom. The van der Waals surface area contributed by atoms with E-state index in [2.05, 4.69) is 10.3 Å². The van der Waals surface area contributed by atoms with Crippen LogP contribution in [0.4, 0.5) is 0 Å². The zero-order chi connectivity index (χ0) is 14.7. The molecule has 1 aromatic heterocycles. The molecule has 110 valence electrons. The van der Waals surface area contributed by atoms with Crippen LogP contribution in [-0.2, 0) is 0 Å². The molecule has 1 N–H and O–H groups in total. The normalized spacial score (nSPS) is 18.9. The van der Waals surface area contributed by atoms with Crippen molar-refractivity contribution >= 4 is 16.8 Å². The van der Waals surface area contributed by atoms with Gasteiger partial charge in [-0.25, -0.2) is 0 Å². The van der Waals surface area contributed by atoms with Crippen LogP contribution >= 0.6 is 0 Å². The van der Waals surface area contributed by atoms with Crippen molar-refractivity contribution in [3.63, 3.8) is 0 Å². The summed E-state index contributed by atoms with van der Waals surface area (Å²) in [5.41, 5.74) is 1.70. The van der Waals surface area contributed by atoms with Crippen LogP contribution in [0.15, 0.2) is 36.5 Å². The topological polar surface area (TPSA) is 45.2 Å². The first-order valence-electron chi connectivity index (χ1n) is 7.56. The fourth-order valence-corrected chi connectivity index (χ4v) is 3.10. The molecule has 1 atom stereocenters. The van der Waals surface area contributed by atoms with Gasteiger partial charge >= 0.3 is 0 Å². The summed E-state index contributed by atoms with van der Waals surface area (Å²) in [4.78, 5) is 19.0. The van der Waals surface area contributed by atoms with Gasteiger partial charge in [-0.3, -0.25) is 9.78 Å². The van der Waals surface area contributed by atoms with E-state index in [9.17, 15) is 4.79 Å². The van der Waals surface area contributed by atoms with Gasteiger partial charge in [-0.2, -0.15) is 0 Å². The van der Waals surface area contributed by atoms with Gasteiger partial charge in [0.1, 0.15) is 0 Å². The number of benzene rings is 1. The first-order valence-corrected chi connectivity index (χ1v) is 7.56. The molecule has 1 aliphatic rings. The first-order chi connectivity index (χ1) is 10.3. The molecule has 4 nitrogen and oxygen atoms in total. The Kier molecular flexibility index (Phi) is 4.15. The summed E-state index contributed by atoms with van der Waals surface area (Å²) in [5, 5.41) is 4.24. The number of carbonyl (C=O) groups is 1. The quantitative estimate of drug-likeness (QED) is 0.940. The van der Waals surface area contributed by atoms with Crippen molar-refractivity contribution in [2.24, 2.45) is 5.92 Å². The minimum atomic E-state index is 0.140. The lowest BCUT2D eigenvalue weighted by atomic mass is 9.97. The molecule has 1 fully saturated rings. The number of piperidine rings is 1. The van der Waals surface area contributed by atoms with Gasteiger partial charge in [-0.05, 0) is 56.6 Å². The third-order valence-electron chi connectivity index (χ3n) is 4.15. The summed E-state index contributed by atoms with van der Waals surface area (Å²) in [5.74, 6) is 0.705. The molecular weight excluding hydrogens is 262 g/mol. The Hall–Kier alpha value is -1.94. The van der Waals surface area contributed by atoms with Crippen molar-refractivity contribution in [1.29, 1.82) is 0 Å². The number of likely N-dealkylation sites (tertiary alicyclic amines) is 1. The van der Waals surface area contributed by atoms with Crippen LogP contribution in [0.3, 0.4) is 0 Å². The number of hydrogen-bond donors (Lipinski definition) is 1. The van der Waals surface area contributed by atoms with Crippen molar-refractivity contribution in [2.45, 2.75) is 12.8 Å². The second-order valence-corrected chi connectivity index (χ2v) is 5.73. The van der Waals surface area contributed by atoms with Crippen molar-refractivity contribution in [3.05, 3.63) is 42.1 Å². The predicted molar refractivity (Wildman–Crippen MR) is 84.3 cm³/mol. The molecule has 4 heteroatoms. The number of fused-ring (bicyclic) bond motifs is 1. The molecule has 0 saturated carbocycles. The van der Waals surface area contributed by atoms with Crippen LogP contribution in [0.25, 0.3) is 10.9 Å². The molecule has 1 saturated heterocycles. The predicted octanol–water partition coefficient (Wildman–Crippen LogP) is 2.31. The molecule has 1 unspecified atom stereocenters. The second-order valence-electron chi connectivity index (χ2n) is 5.73.